The van der Waals surface area contributed by atoms with Crippen molar-refractivity contribution in [1.82, 2.24) is 16.1 Å². The molecule has 2 atom stereocenters. The molecule has 0 aromatic carbocycles. The summed E-state index contributed by atoms with van der Waals surface area (Å²) < 4.78 is 0. The highest BCUT2D eigenvalue weighted by Gasteiger charge is 2.30. The van der Waals surface area contributed by atoms with Gasteiger partial charge in [0.25, 0.3) is 5.91 Å². The van der Waals surface area contributed by atoms with Crippen molar-refractivity contribution in [3.8, 4) is 0 Å². The molecule has 0 aromatic rings. The first-order valence-corrected chi connectivity index (χ1v) is 5.20. The molecule has 6 heteroatoms. The van der Waals surface area contributed by atoms with E-state index >= 15 is 0 Å². The maximum absolute atomic E-state index is 11.7. The van der Waals surface area contributed by atoms with Gasteiger partial charge in [-0.1, -0.05) is 0 Å². The van der Waals surface area contributed by atoms with Gasteiger partial charge in [0.05, 0.1) is 5.92 Å². The molecule has 2 fully saturated rings. The van der Waals surface area contributed by atoms with Crippen LogP contribution in [0.1, 0.15) is 12.8 Å². The summed E-state index contributed by atoms with van der Waals surface area (Å²) in [6.07, 6.45) is 1.89. The van der Waals surface area contributed by atoms with Crippen LogP contribution < -0.4 is 16.1 Å². The lowest BCUT2D eigenvalue weighted by atomic mass is 9.98. The minimum Gasteiger partial charge on any atom is -0.342 e. The summed E-state index contributed by atoms with van der Waals surface area (Å²) in [5.41, 5.74) is 2.21. The van der Waals surface area contributed by atoms with Gasteiger partial charge in [-0.25, -0.2) is 5.48 Å². The predicted octanol–water partition coefficient (Wildman–Crippen LogP) is -1.47. The van der Waals surface area contributed by atoms with Crippen molar-refractivity contribution in [2.75, 3.05) is 19.7 Å². The third-order valence-corrected chi connectivity index (χ3v) is 2.72. The minimum atomic E-state index is -0.528. The third-order valence-electron chi connectivity index (χ3n) is 2.72. The first-order chi connectivity index (χ1) is 7.27. The van der Waals surface area contributed by atoms with Crippen LogP contribution in [0.15, 0.2) is 0 Å². The van der Waals surface area contributed by atoms with Gasteiger partial charge >= 0.3 is 0 Å². The molecule has 0 aliphatic carbocycles. The fourth-order valence-corrected chi connectivity index (χ4v) is 1.82. The zero-order chi connectivity index (χ0) is 10.7. The molecule has 6 nitrogen and oxygen atoms in total. The molecule has 2 amide bonds. The largest absolute Gasteiger partial charge is 0.342 e. The van der Waals surface area contributed by atoms with E-state index in [1.807, 2.05) is 0 Å². The number of carbonyl (C=O) groups is 2. The second-order valence-electron chi connectivity index (χ2n) is 3.88. The molecule has 0 spiro atoms. The number of amides is 2. The van der Waals surface area contributed by atoms with Crippen molar-refractivity contribution in [2.24, 2.45) is 5.92 Å². The summed E-state index contributed by atoms with van der Waals surface area (Å²) >= 11 is 0. The average molecular weight is 213 g/mol. The van der Waals surface area contributed by atoms with Crippen molar-refractivity contribution < 1.29 is 14.4 Å². The van der Waals surface area contributed by atoms with Gasteiger partial charge in [0.1, 0.15) is 12.6 Å². The third kappa shape index (κ3) is 2.45. The molecule has 0 radical (unpaired) electrons. The molecule has 84 valence electrons. The smallest absolute Gasteiger partial charge is 0.268 e. The quantitative estimate of drug-likeness (QED) is 0.523. The molecule has 0 bridgehead atoms. The van der Waals surface area contributed by atoms with Gasteiger partial charge in [-0.3, -0.25) is 14.4 Å². The molecular weight excluding hydrogens is 198 g/mol. The van der Waals surface area contributed by atoms with Crippen LogP contribution in [0.25, 0.3) is 0 Å². The summed E-state index contributed by atoms with van der Waals surface area (Å²) in [6, 6.07) is -0.528. The van der Waals surface area contributed by atoms with Gasteiger partial charge < -0.3 is 10.6 Å². The molecule has 0 saturated carbocycles. The molecule has 15 heavy (non-hydrogen) atoms. The van der Waals surface area contributed by atoms with E-state index in [9.17, 15) is 9.59 Å². The van der Waals surface area contributed by atoms with E-state index in [-0.39, 0.29) is 24.3 Å². The second-order valence-corrected chi connectivity index (χ2v) is 3.88. The van der Waals surface area contributed by atoms with E-state index in [1.165, 1.54) is 0 Å². The van der Waals surface area contributed by atoms with Crippen molar-refractivity contribution in [3.63, 3.8) is 0 Å². The maximum Gasteiger partial charge on any atom is 0.268 e. The van der Waals surface area contributed by atoms with Crippen LogP contribution in [0.4, 0.5) is 0 Å². The standard InChI is InChI=1S/C9H15N3O3/c13-8(6-2-1-3-10-4-6)11-7-5-15-12-9(7)14/h6-7,10H,1-5H2,(H,11,13)(H,12,14)/t6-,7+/m0/s1. The van der Waals surface area contributed by atoms with Crippen LogP contribution in [0.2, 0.25) is 0 Å². The normalized spacial score (nSPS) is 31.1. The van der Waals surface area contributed by atoms with Gasteiger partial charge in [-0.05, 0) is 19.4 Å². The first-order valence-electron chi connectivity index (χ1n) is 5.20. The summed E-state index contributed by atoms with van der Waals surface area (Å²) in [4.78, 5) is 27.6. The highest BCUT2D eigenvalue weighted by molar-refractivity contribution is 5.89. The van der Waals surface area contributed by atoms with Crippen LogP contribution in [-0.2, 0) is 14.4 Å². The van der Waals surface area contributed by atoms with Crippen molar-refractivity contribution in [2.45, 2.75) is 18.9 Å². The number of hydrogen-bond donors (Lipinski definition) is 3. The van der Waals surface area contributed by atoms with Crippen molar-refractivity contribution in [3.05, 3.63) is 0 Å². The van der Waals surface area contributed by atoms with Crippen molar-refractivity contribution >= 4 is 11.8 Å². The Bertz CT molecular complexity index is 263. The SMILES string of the molecule is O=C(N[C@@H]1CONC1=O)[C@H]1CCCNC1. The number of piperidine rings is 1. The number of hydrogen-bond acceptors (Lipinski definition) is 4. The van der Waals surface area contributed by atoms with Crippen LogP contribution >= 0.6 is 0 Å². The fourth-order valence-electron chi connectivity index (χ4n) is 1.82. The summed E-state index contributed by atoms with van der Waals surface area (Å²) in [6.45, 7) is 1.88. The Morgan fingerprint density at radius 3 is 3.00 bits per heavy atom. The zero-order valence-electron chi connectivity index (χ0n) is 8.41. The Morgan fingerprint density at radius 1 is 1.53 bits per heavy atom. The summed E-state index contributed by atoms with van der Waals surface area (Å²) in [5.74, 6) is -0.355. The molecule has 2 heterocycles. The Kier molecular flexibility index (Phi) is 3.17. The second kappa shape index (κ2) is 4.59. The monoisotopic (exact) mass is 213 g/mol. The molecule has 2 aliphatic heterocycles. The van der Waals surface area contributed by atoms with E-state index in [2.05, 4.69) is 16.1 Å². The van der Waals surface area contributed by atoms with Crippen LogP contribution in [0, 0.1) is 5.92 Å². The number of carbonyl (C=O) groups excluding carboxylic acids is 2. The number of rotatable bonds is 2. The van der Waals surface area contributed by atoms with Crippen molar-refractivity contribution in [1.29, 1.82) is 0 Å². The van der Waals surface area contributed by atoms with Crippen LogP contribution in [0.5, 0.6) is 0 Å². The molecule has 2 saturated heterocycles. The fraction of sp³-hybridized carbons (Fsp3) is 0.778. The highest BCUT2D eigenvalue weighted by Crippen LogP contribution is 2.10. The van der Waals surface area contributed by atoms with E-state index in [1.54, 1.807) is 0 Å². The Hall–Kier alpha value is -1.14. The van der Waals surface area contributed by atoms with E-state index < -0.39 is 6.04 Å². The summed E-state index contributed by atoms with van der Waals surface area (Å²) in [7, 11) is 0. The van der Waals surface area contributed by atoms with Gasteiger partial charge in [0.2, 0.25) is 5.91 Å². The van der Waals surface area contributed by atoms with Gasteiger partial charge in [-0.2, -0.15) is 0 Å². The number of hydroxylamine groups is 1. The van der Waals surface area contributed by atoms with E-state index in [0.29, 0.717) is 6.54 Å². The minimum absolute atomic E-state index is 0.0212. The lowest BCUT2D eigenvalue weighted by Gasteiger charge is -2.22. The maximum atomic E-state index is 11.7. The molecule has 0 aromatic heterocycles. The Morgan fingerprint density at radius 2 is 2.40 bits per heavy atom. The topological polar surface area (TPSA) is 79.5 Å². The lowest BCUT2D eigenvalue weighted by molar-refractivity contribution is -0.130. The van der Waals surface area contributed by atoms with E-state index in [4.69, 9.17) is 4.84 Å². The molecule has 2 aliphatic rings. The van der Waals surface area contributed by atoms with E-state index in [0.717, 1.165) is 19.4 Å². The van der Waals surface area contributed by atoms with Gasteiger partial charge in [0.15, 0.2) is 0 Å². The predicted molar refractivity (Wildman–Crippen MR) is 51.6 cm³/mol. The molecule has 3 N–H and O–H groups in total. The Labute approximate surface area is 87.7 Å². The lowest BCUT2D eigenvalue weighted by Crippen LogP contribution is -2.47. The zero-order valence-corrected chi connectivity index (χ0v) is 8.41. The average Bonchev–Trinajstić information content (AvgIpc) is 2.66. The highest BCUT2D eigenvalue weighted by atomic mass is 16.7. The van der Waals surface area contributed by atoms with Crippen LogP contribution in [-0.4, -0.2) is 37.6 Å². The van der Waals surface area contributed by atoms with Crippen LogP contribution in [0.3, 0.4) is 0 Å². The van der Waals surface area contributed by atoms with Gasteiger partial charge in [-0.15, -0.1) is 0 Å². The number of nitrogens with one attached hydrogen (secondary N) is 3. The Balaban J connectivity index is 1.82. The molecular formula is C9H15N3O3. The van der Waals surface area contributed by atoms with Gasteiger partial charge in [0, 0.05) is 6.54 Å². The summed E-state index contributed by atoms with van der Waals surface area (Å²) in [5, 5.41) is 5.84. The molecule has 0 unspecified atom stereocenters. The molecule has 2 rings (SSSR count). The first kappa shape index (κ1) is 10.4.